The van der Waals surface area contributed by atoms with Gasteiger partial charge in [0.1, 0.15) is 0 Å². The molecule has 2 aromatic carbocycles. The van der Waals surface area contributed by atoms with Gasteiger partial charge >= 0.3 is 0 Å². The van der Waals surface area contributed by atoms with Gasteiger partial charge in [-0.1, -0.05) is 75.4 Å². The van der Waals surface area contributed by atoms with Crippen LogP contribution in [0.4, 0.5) is 0 Å². The molecule has 0 saturated heterocycles. The Morgan fingerprint density at radius 3 is 1.81 bits per heavy atom. The number of hydrogen-bond acceptors (Lipinski definition) is 0. The summed E-state index contributed by atoms with van der Waals surface area (Å²) in [6.45, 7) is 6.75. The summed E-state index contributed by atoms with van der Waals surface area (Å²) in [5.41, 5.74) is 4.35. The van der Waals surface area contributed by atoms with E-state index in [0.29, 0.717) is 11.8 Å². The molecular formula is C20H25Cl. The Morgan fingerprint density at radius 2 is 1.33 bits per heavy atom. The Bertz CT molecular complexity index is 534. The second-order valence-corrected chi connectivity index (χ2v) is 7.17. The summed E-state index contributed by atoms with van der Waals surface area (Å²) in [6, 6.07) is 19.6. The molecular weight excluding hydrogens is 276 g/mol. The van der Waals surface area contributed by atoms with E-state index in [1.54, 1.807) is 0 Å². The fourth-order valence-electron chi connectivity index (χ4n) is 2.60. The Morgan fingerprint density at radius 1 is 0.810 bits per heavy atom. The van der Waals surface area contributed by atoms with Crippen LogP contribution >= 0.6 is 11.6 Å². The molecule has 0 bridgehead atoms. The highest BCUT2D eigenvalue weighted by molar-refractivity contribution is 6.18. The summed E-state index contributed by atoms with van der Waals surface area (Å²) in [6.07, 6.45) is 2.09. The normalized spacial score (nSPS) is 13.1. The van der Waals surface area contributed by atoms with Crippen molar-refractivity contribution in [3.63, 3.8) is 0 Å². The molecule has 0 saturated carbocycles. The van der Waals surface area contributed by atoms with Gasteiger partial charge in [-0.2, -0.15) is 0 Å². The van der Waals surface area contributed by atoms with Crippen molar-refractivity contribution in [2.45, 2.75) is 39.0 Å². The van der Waals surface area contributed by atoms with Crippen molar-refractivity contribution in [3.8, 4) is 0 Å². The van der Waals surface area contributed by atoms with E-state index in [9.17, 15) is 0 Å². The third-order valence-electron chi connectivity index (χ3n) is 3.93. The summed E-state index contributed by atoms with van der Waals surface area (Å²) >= 11 is 6.17. The summed E-state index contributed by atoms with van der Waals surface area (Å²) in [4.78, 5) is 0. The Labute approximate surface area is 134 Å². The minimum atomic E-state index is 0.217. The van der Waals surface area contributed by atoms with Crippen molar-refractivity contribution in [2.75, 3.05) is 5.88 Å². The van der Waals surface area contributed by atoms with Crippen LogP contribution in [0.25, 0.3) is 0 Å². The molecule has 0 aromatic heterocycles. The molecule has 1 atom stereocenters. The molecule has 1 heteroatoms. The predicted octanol–water partition coefficient (Wildman–Crippen LogP) is 5.62. The van der Waals surface area contributed by atoms with Crippen LogP contribution < -0.4 is 0 Å². The summed E-state index contributed by atoms with van der Waals surface area (Å²) in [5, 5.41) is 0. The Kier molecular flexibility index (Phi) is 5.47. The highest BCUT2D eigenvalue weighted by atomic mass is 35.5. The first-order valence-corrected chi connectivity index (χ1v) is 8.22. The molecule has 0 radical (unpaired) electrons. The van der Waals surface area contributed by atoms with E-state index in [2.05, 4.69) is 75.4 Å². The highest BCUT2D eigenvalue weighted by Gasteiger charge is 2.14. The maximum Gasteiger partial charge on any atom is 0.0258 e. The van der Waals surface area contributed by atoms with Crippen LogP contribution in [-0.4, -0.2) is 5.88 Å². The van der Waals surface area contributed by atoms with E-state index in [1.165, 1.54) is 16.7 Å². The van der Waals surface area contributed by atoms with Crippen molar-refractivity contribution in [1.82, 2.24) is 0 Å². The third-order valence-corrected chi connectivity index (χ3v) is 4.37. The minimum absolute atomic E-state index is 0.217. The van der Waals surface area contributed by atoms with Gasteiger partial charge in [0.2, 0.25) is 0 Å². The lowest BCUT2D eigenvalue weighted by molar-refractivity contribution is 0.578. The Hall–Kier alpha value is -1.27. The van der Waals surface area contributed by atoms with Gasteiger partial charge in [0.15, 0.2) is 0 Å². The third kappa shape index (κ3) is 4.89. The standard InChI is InChI=1S/C20H25Cl/c1-20(2,3)19-11-9-17(10-12-19)14-18(15-21)13-16-7-5-4-6-8-16/h4-12,18H,13-15H2,1-3H3. The smallest absolute Gasteiger partial charge is 0.0258 e. The molecule has 21 heavy (non-hydrogen) atoms. The van der Waals surface area contributed by atoms with Crippen LogP contribution in [0, 0.1) is 5.92 Å². The van der Waals surface area contributed by atoms with Crippen molar-refractivity contribution < 1.29 is 0 Å². The van der Waals surface area contributed by atoms with Gasteiger partial charge in [-0.3, -0.25) is 0 Å². The van der Waals surface area contributed by atoms with Crippen LogP contribution in [-0.2, 0) is 18.3 Å². The first-order chi connectivity index (χ1) is 9.99. The molecule has 0 nitrogen and oxygen atoms in total. The second kappa shape index (κ2) is 7.13. The van der Waals surface area contributed by atoms with E-state index in [0.717, 1.165) is 12.8 Å². The summed E-state index contributed by atoms with van der Waals surface area (Å²) < 4.78 is 0. The van der Waals surface area contributed by atoms with E-state index in [4.69, 9.17) is 11.6 Å². The number of hydrogen-bond donors (Lipinski definition) is 0. The predicted molar refractivity (Wildman–Crippen MR) is 93.2 cm³/mol. The lowest BCUT2D eigenvalue weighted by Gasteiger charge is -2.20. The lowest BCUT2D eigenvalue weighted by Crippen LogP contribution is -2.12. The monoisotopic (exact) mass is 300 g/mol. The first-order valence-electron chi connectivity index (χ1n) is 7.68. The Balaban J connectivity index is 2.02. The van der Waals surface area contributed by atoms with Gasteiger partial charge in [0.25, 0.3) is 0 Å². The fourth-order valence-corrected chi connectivity index (χ4v) is 2.82. The van der Waals surface area contributed by atoms with Crippen molar-refractivity contribution in [1.29, 1.82) is 0 Å². The molecule has 0 fully saturated rings. The van der Waals surface area contributed by atoms with Crippen LogP contribution in [0.2, 0.25) is 0 Å². The number of benzene rings is 2. The molecule has 0 heterocycles. The zero-order chi connectivity index (χ0) is 15.3. The molecule has 0 aliphatic heterocycles. The highest BCUT2D eigenvalue weighted by Crippen LogP contribution is 2.23. The van der Waals surface area contributed by atoms with E-state index >= 15 is 0 Å². The van der Waals surface area contributed by atoms with Crippen molar-refractivity contribution in [3.05, 3.63) is 71.3 Å². The molecule has 0 N–H and O–H groups in total. The molecule has 1 unspecified atom stereocenters. The number of halogens is 1. The van der Waals surface area contributed by atoms with E-state index in [1.807, 2.05) is 0 Å². The summed E-state index contributed by atoms with van der Waals surface area (Å²) in [7, 11) is 0. The molecule has 0 spiro atoms. The second-order valence-electron chi connectivity index (χ2n) is 6.86. The van der Waals surface area contributed by atoms with Crippen molar-refractivity contribution in [2.24, 2.45) is 5.92 Å². The molecule has 0 amide bonds. The van der Waals surface area contributed by atoms with Gasteiger partial charge in [-0.05, 0) is 40.9 Å². The molecule has 0 aliphatic rings. The van der Waals surface area contributed by atoms with Crippen LogP contribution in [0.1, 0.15) is 37.5 Å². The number of alkyl halides is 1. The lowest BCUT2D eigenvalue weighted by atomic mass is 9.86. The first kappa shape index (κ1) is 16.1. The van der Waals surface area contributed by atoms with Gasteiger partial charge in [0, 0.05) is 5.88 Å². The van der Waals surface area contributed by atoms with Crippen LogP contribution in [0.3, 0.4) is 0 Å². The van der Waals surface area contributed by atoms with Crippen LogP contribution in [0.15, 0.2) is 54.6 Å². The maximum absolute atomic E-state index is 6.17. The van der Waals surface area contributed by atoms with Gasteiger partial charge < -0.3 is 0 Å². The fraction of sp³-hybridized carbons (Fsp3) is 0.400. The zero-order valence-corrected chi connectivity index (χ0v) is 14.0. The average Bonchev–Trinajstić information content (AvgIpc) is 2.47. The maximum atomic E-state index is 6.17. The van der Waals surface area contributed by atoms with Crippen LogP contribution in [0.5, 0.6) is 0 Å². The summed E-state index contributed by atoms with van der Waals surface area (Å²) in [5.74, 6) is 1.20. The zero-order valence-electron chi connectivity index (χ0n) is 13.3. The molecule has 0 aliphatic carbocycles. The average molecular weight is 301 g/mol. The van der Waals surface area contributed by atoms with E-state index < -0.39 is 0 Å². The molecule has 2 aromatic rings. The van der Waals surface area contributed by atoms with Gasteiger partial charge in [0.05, 0.1) is 0 Å². The minimum Gasteiger partial charge on any atom is -0.126 e. The van der Waals surface area contributed by atoms with E-state index in [-0.39, 0.29) is 5.41 Å². The quantitative estimate of drug-likeness (QED) is 0.628. The van der Waals surface area contributed by atoms with Gasteiger partial charge in [-0.15, -0.1) is 11.6 Å². The van der Waals surface area contributed by atoms with Crippen molar-refractivity contribution >= 4 is 11.6 Å². The van der Waals surface area contributed by atoms with Gasteiger partial charge in [-0.25, -0.2) is 0 Å². The topological polar surface area (TPSA) is 0 Å². The SMILES string of the molecule is CC(C)(C)c1ccc(CC(CCl)Cc2ccccc2)cc1. The molecule has 112 valence electrons. The molecule has 2 rings (SSSR count). The largest absolute Gasteiger partial charge is 0.126 e. The number of rotatable bonds is 5.